The molecule has 2 unspecified atom stereocenters. The van der Waals surface area contributed by atoms with E-state index in [9.17, 15) is 19.5 Å². The zero-order chi connectivity index (χ0) is 54.8. The standard InChI is InChI=1S/C66H113NO8/c1-6-8-10-12-14-16-18-20-22-24-26-28-29-30-31-32-33-34-35-37-39-41-43-45-47-49-51-53-55-57-64(69)75-62(61-74-66(65(70)71)72-59-58-67(3,4)5)60-73-63(68)56-54-52-50-48-46-44-42-40-38-36-27-25-23-21-19-17-15-13-11-9-7-2/h8,10,14,16,20,22,25-28,30-31,33-34,37,39,62,66H,6-7,9,11-13,15,17-19,21,23-24,29,32,35-36,38,40-61H2,1-5H3/p+1/b10-8-,16-14-,22-20-,27-25-,28-26-,31-30-,34-33-,39-37-. The van der Waals surface area contributed by atoms with Crippen molar-refractivity contribution in [3.8, 4) is 0 Å². The minimum atomic E-state index is -1.52. The molecule has 0 aliphatic rings. The van der Waals surface area contributed by atoms with Crippen LogP contribution in [0.4, 0.5) is 0 Å². The number of carboxylic acid groups (broad SMARTS) is 1. The predicted octanol–water partition coefficient (Wildman–Crippen LogP) is 18.1. The van der Waals surface area contributed by atoms with E-state index in [-0.39, 0.29) is 32.2 Å². The van der Waals surface area contributed by atoms with Gasteiger partial charge in [-0.2, -0.15) is 0 Å². The third kappa shape index (κ3) is 57.7. The molecule has 0 radical (unpaired) electrons. The highest BCUT2D eigenvalue weighted by molar-refractivity contribution is 5.71. The van der Waals surface area contributed by atoms with Crippen LogP contribution in [0, 0.1) is 0 Å². The third-order valence-electron chi connectivity index (χ3n) is 12.8. The molecule has 9 heteroatoms. The SMILES string of the molecule is CC/C=C\C/C=C\C/C=C\C/C=C\C/C=C\C/C=C\C/C=C\CCCCCCCCCC(=O)OC(COC(=O)CCCCCCCCCCC/C=C\CCCCCCCCCC)COC(OCC[N+](C)(C)C)C(=O)O. The number of carbonyl (C=O) groups excluding carboxylic acids is 2. The number of likely N-dealkylation sites (N-methyl/N-ethyl adjacent to an activating group) is 1. The van der Waals surface area contributed by atoms with Crippen LogP contribution in [0.2, 0.25) is 0 Å². The number of carbonyl (C=O) groups is 3. The lowest BCUT2D eigenvalue weighted by atomic mass is 10.1. The van der Waals surface area contributed by atoms with Gasteiger partial charge in [-0.1, -0.05) is 233 Å². The smallest absolute Gasteiger partial charge is 0.361 e. The molecule has 0 saturated carbocycles. The van der Waals surface area contributed by atoms with Crippen LogP contribution in [0.15, 0.2) is 97.2 Å². The average molecular weight is 1050 g/mol. The van der Waals surface area contributed by atoms with Gasteiger partial charge in [0.05, 0.1) is 34.4 Å². The summed E-state index contributed by atoms with van der Waals surface area (Å²) in [6.07, 6.45) is 73.4. The first-order valence-corrected chi connectivity index (χ1v) is 30.4. The van der Waals surface area contributed by atoms with Crippen molar-refractivity contribution in [1.82, 2.24) is 0 Å². The molecule has 0 rings (SSSR count). The molecule has 430 valence electrons. The number of rotatable bonds is 55. The van der Waals surface area contributed by atoms with E-state index in [1.54, 1.807) is 0 Å². The number of ether oxygens (including phenoxy) is 4. The Morgan fingerprint density at radius 2 is 0.760 bits per heavy atom. The fourth-order valence-electron chi connectivity index (χ4n) is 8.16. The lowest BCUT2D eigenvalue weighted by Gasteiger charge is -2.25. The maximum atomic E-state index is 12.9. The van der Waals surface area contributed by atoms with Crippen molar-refractivity contribution < 1.29 is 42.9 Å². The van der Waals surface area contributed by atoms with Crippen molar-refractivity contribution in [2.45, 2.75) is 257 Å². The summed E-state index contributed by atoms with van der Waals surface area (Å²) in [5, 5.41) is 9.71. The van der Waals surface area contributed by atoms with Crippen molar-refractivity contribution in [3.05, 3.63) is 97.2 Å². The Morgan fingerprint density at radius 1 is 0.413 bits per heavy atom. The molecule has 0 spiro atoms. The van der Waals surface area contributed by atoms with Gasteiger partial charge in [0.25, 0.3) is 6.29 Å². The Hall–Kier alpha value is -3.79. The Labute approximate surface area is 461 Å². The molecule has 9 nitrogen and oxygen atoms in total. The summed E-state index contributed by atoms with van der Waals surface area (Å²) in [5.41, 5.74) is 0. The van der Waals surface area contributed by atoms with Gasteiger partial charge in [0.1, 0.15) is 13.2 Å². The van der Waals surface area contributed by atoms with Crippen molar-refractivity contribution in [1.29, 1.82) is 0 Å². The summed E-state index contributed by atoms with van der Waals surface area (Å²) < 4.78 is 22.9. The second-order valence-corrected chi connectivity index (χ2v) is 21.3. The van der Waals surface area contributed by atoms with E-state index in [1.807, 2.05) is 21.1 Å². The molecule has 0 aromatic carbocycles. The molecule has 75 heavy (non-hydrogen) atoms. The highest BCUT2D eigenvalue weighted by Gasteiger charge is 2.25. The van der Waals surface area contributed by atoms with Gasteiger partial charge in [-0.3, -0.25) is 9.59 Å². The average Bonchev–Trinajstić information content (AvgIpc) is 3.38. The number of esters is 2. The lowest BCUT2D eigenvalue weighted by Crippen LogP contribution is -2.40. The minimum Gasteiger partial charge on any atom is -0.477 e. The van der Waals surface area contributed by atoms with E-state index >= 15 is 0 Å². The summed E-state index contributed by atoms with van der Waals surface area (Å²) in [4.78, 5) is 37.5. The number of unbranched alkanes of at least 4 members (excludes halogenated alkanes) is 24. The van der Waals surface area contributed by atoms with E-state index in [2.05, 4.69) is 111 Å². The second-order valence-electron chi connectivity index (χ2n) is 21.3. The minimum absolute atomic E-state index is 0.181. The number of hydrogen-bond donors (Lipinski definition) is 1. The number of nitrogens with zero attached hydrogens (tertiary/aromatic N) is 1. The molecule has 0 bridgehead atoms. The fraction of sp³-hybridized carbons (Fsp3) is 0.712. The van der Waals surface area contributed by atoms with Crippen LogP contribution in [-0.2, 0) is 33.3 Å². The summed E-state index contributed by atoms with van der Waals surface area (Å²) >= 11 is 0. The first-order valence-electron chi connectivity index (χ1n) is 30.4. The highest BCUT2D eigenvalue weighted by atomic mass is 16.7. The molecule has 0 aromatic heterocycles. The molecule has 0 heterocycles. The van der Waals surface area contributed by atoms with Crippen molar-refractivity contribution in [2.24, 2.45) is 0 Å². The monoisotopic (exact) mass is 1050 g/mol. The van der Waals surface area contributed by atoms with Gasteiger partial charge in [-0.25, -0.2) is 4.79 Å². The Balaban J connectivity index is 4.28. The van der Waals surface area contributed by atoms with Gasteiger partial charge >= 0.3 is 17.9 Å². The van der Waals surface area contributed by atoms with Crippen LogP contribution in [0.3, 0.4) is 0 Å². The van der Waals surface area contributed by atoms with Gasteiger partial charge in [0, 0.05) is 12.8 Å². The predicted molar refractivity (Wildman–Crippen MR) is 318 cm³/mol. The van der Waals surface area contributed by atoms with E-state index in [1.165, 1.54) is 122 Å². The third-order valence-corrected chi connectivity index (χ3v) is 12.8. The summed E-state index contributed by atoms with van der Waals surface area (Å²) in [6, 6.07) is 0. The summed E-state index contributed by atoms with van der Waals surface area (Å²) in [5.74, 6) is -2.03. The Morgan fingerprint density at radius 3 is 1.15 bits per heavy atom. The molecule has 0 aliphatic carbocycles. The maximum absolute atomic E-state index is 12.9. The number of hydrogen-bond acceptors (Lipinski definition) is 7. The first kappa shape index (κ1) is 71.2. The fourth-order valence-corrected chi connectivity index (χ4v) is 8.16. The largest absolute Gasteiger partial charge is 0.477 e. The summed E-state index contributed by atoms with van der Waals surface area (Å²) in [7, 11) is 5.96. The van der Waals surface area contributed by atoms with E-state index in [0.717, 1.165) is 89.9 Å². The van der Waals surface area contributed by atoms with E-state index < -0.39 is 24.3 Å². The summed E-state index contributed by atoms with van der Waals surface area (Å²) in [6.45, 7) is 4.75. The second kappa shape index (κ2) is 56.4. The van der Waals surface area contributed by atoms with E-state index in [4.69, 9.17) is 18.9 Å². The normalized spacial score (nSPS) is 13.5. The van der Waals surface area contributed by atoms with Gasteiger partial charge in [-0.15, -0.1) is 0 Å². The van der Waals surface area contributed by atoms with Crippen LogP contribution in [-0.4, -0.2) is 87.4 Å². The lowest BCUT2D eigenvalue weighted by molar-refractivity contribution is -0.870. The van der Waals surface area contributed by atoms with Crippen molar-refractivity contribution in [2.75, 3.05) is 47.5 Å². The highest BCUT2D eigenvalue weighted by Crippen LogP contribution is 2.15. The van der Waals surface area contributed by atoms with Gasteiger partial charge in [-0.05, 0) is 96.3 Å². The molecule has 0 aliphatic heterocycles. The molecule has 0 amide bonds. The van der Waals surface area contributed by atoms with Crippen LogP contribution in [0.25, 0.3) is 0 Å². The molecular weight excluding hydrogens is 935 g/mol. The topological polar surface area (TPSA) is 108 Å². The Kier molecular flexibility index (Phi) is 53.6. The first-order chi connectivity index (χ1) is 36.6. The van der Waals surface area contributed by atoms with Crippen molar-refractivity contribution >= 4 is 17.9 Å². The quantitative estimate of drug-likeness (QED) is 0.0211. The van der Waals surface area contributed by atoms with Gasteiger partial charge < -0.3 is 28.5 Å². The molecule has 0 fully saturated rings. The molecule has 2 atom stereocenters. The molecule has 0 saturated heterocycles. The Bertz CT molecular complexity index is 1550. The van der Waals surface area contributed by atoms with E-state index in [0.29, 0.717) is 23.9 Å². The van der Waals surface area contributed by atoms with Crippen molar-refractivity contribution in [3.63, 3.8) is 0 Å². The van der Waals surface area contributed by atoms with Crippen LogP contribution in [0.1, 0.15) is 245 Å². The maximum Gasteiger partial charge on any atom is 0.361 e. The van der Waals surface area contributed by atoms with Gasteiger partial charge in [0.15, 0.2) is 6.10 Å². The number of allylic oxidation sites excluding steroid dienone is 16. The van der Waals surface area contributed by atoms with Gasteiger partial charge in [0.2, 0.25) is 0 Å². The molecular formula is C66H114NO8+. The zero-order valence-corrected chi connectivity index (χ0v) is 48.9. The molecule has 1 N–H and O–H groups in total. The number of aliphatic carboxylic acids is 1. The van der Waals surface area contributed by atoms with Crippen LogP contribution in [0.5, 0.6) is 0 Å². The zero-order valence-electron chi connectivity index (χ0n) is 48.9. The molecule has 0 aromatic rings. The number of carboxylic acids is 1. The number of quaternary nitrogens is 1. The van der Waals surface area contributed by atoms with Crippen LogP contribution < -0.4 is 0 Å². The van der Waals surface area contributed by atoms with Crippen LogP contribution >= 0.6 is 0 Å².